The molecule has 0 spiro atoms. The van der Waals surface area contributed by atoms with E-state index in [9.17, 15) is 18.0 Å². The molecule has 1 aliphatic heterocycles. The number of sulfonamides is 1. The second kappa shape index (κ2) is 5.92. The van der Waals surface area contributed by atoms with Crippen molar-refractivity contribution >= 4 is 43.5 Å². The lowest BCUT2D eigenvalue weighted by Gasteiger charge is -2.13. The van der Waals surface area contributed by atoms with E-state index in [1.54, 1.807) is 6.07 Å². The van der Waals surface area contributed by atoms with Gasteiger partial charge >= 0.3 is 0 Å². The molecule has 2 aromatic carbocycles. The first kappa shape index (κ1) is 17.2. The van der Waals surface area contributed by atoms with E-state index in [4.69, 9.17) is 0 Å². The average Bonchev–Trinajstić information content (AvgIpc) is 3.38. The number of anilines is 1. The molecule has 6 nitrogen and oxygen atoms in total. The van der Waals surface area contributed by atoms with Crippen molar-refractivity contribution in [3.63, 3.8) is 0 Å². The highest BCUT2D eigenvalue weighted by Gasteiger charge is 2.48. The van der Waals surface area contributed by atoms with Gasteiger partial charge in [0.1, 0.15) is 4.90 Å². The highest BCUT2D eigenvalue weighted by molar-refractivity contribution is 9.10. The molecule has 8 heteroatoms. The lowest BCUT2D eigenvalue weighted by molar-refractivity contribution is 0.0864. The van der Waals surface area contributed by atoms with Gasteiger partial charge in [-0.2, -0.15) is 0 Å². The van der Waals surface area contributed by atoms with Crippen molar-refractivity contribution in [2.24, 2.45) is 0 Å². The van der Waals surface area contributed by atoms with Gasteiger partial charge in [-0.05, 0) is 71.6 Å². The third-order valence-corrected chi connectivity index (χ3v) is 6.99. The number of halogens is 1. The van der Waals surface area contributed by atoms with Crippen LogP contribution < -0.4 is 5.32 Å². The molecule has 2 aromatic rings. The van der Waals surface area contributed by atoms with Crippen molar-refractivity contribution in [3.05, 3.63) is 57.6 Å². The molecule has 1 aliphatic carbocycles. The highest BCUT2D eigenvalue weighted by atomic mass is 79.9. The van der Waals surface area contributed by atoms with Crippen molar-refractivity contribution in [3.8, 4) is 0 Å². The lowest BCUT2D eigenvalue weighted by Crippen LogP contribution is -2.31. The minimum absolute atomic E-state index is 0.0926. The summed E-state index contributed by atoms with van der Waals surface area (Å²) in [5.74, 6) is -0.944. The summed E-state index contributed by atoms with van der Waals surface area (Å²) in [5, 5.41) is 2.75. The van der Waals surface area contributed by atoms with Gasteiger partial charge in [-0.1, -0.05) is 6.07 Å². The summed E-state index contributed by atoms with van der Waals surface area (Å²) in [6.07, 6.45) is 1.38. The maximum absolute atomic E-state index is 12.7. The van der Waals surface area contributed by atoms with Crippen LogP contribution in [0.5, 0.6) is 0 Å². The molecule has 1 heterocycles. The van der Waals surface area contributed by atoms with Crippen LogP contribution in [0.1, 0.15) is 39.1 Å². The zero-order valence-electron chi connectivity index (χ0n) is 13.8. The Hall–Kier alpha value is -2.19. The molecule has 1 fully saturated rings. The monoisotopic (exact) mass is 434 g/mol. The zero-order chi connectivity index (χ0) is 18.6. The molecule has 26 heavy (non-hydrogen) atoms. The van der Waals surface area contributed by atoms with Crippen LogP contribution >= 0.6 is 15.9 Å². The van der Waals surface area contributed by atoms with E-state index < -0.39 is 21.8 Å². The molecule has 0 saturated heterocycles. The molecule has 0 aromatic heterocycles. The molecule has 0 unspecified atom stereocenters. The molecule has 1 N–H and O–H groups in total. The Morgan fingerprint density at radius 2 is 1.92 bits per heavy atom. The molecule has 0 radical (unpaired) electrons. The minimum Gasteiger partial charge on any atom is -0.321 e. The van der Waals surface area contributed by atoms with Crippen LogP contribution in [0.15, 0.2) is 45.8 Å². The Labute approximate surface area is 159 Å². The van der Waals surface area contributed by atoms with Gasteiger partial charge in [-0.25, -0.2) is 12.7 Å². The standard InChI is InChI=1S/C18H15BrN2O4S/c1-10-2-7-15(14(19)8-10)20-17(22)11-3-6-13-16(9-11)26(24,25)21(18(13)23)12-4-5-12/h2-3,6-9,12H,4-5H2,1H3,(H,20,22). The third kappa shape index (κ3) is 2.73. The van der Waals surface area contributed by atoms with E-state index in [1.807, 2.05) is 19.1 Å². The summed E-state index contributed by atoms with van der Waals surface area (Å²) >= 11 is 3.39. The maximum Gasteiger partial charge on any atom is 0.269 e. The Morgan fingerprint density at radius 1 is 1.19 bits per heavy atom. The molecule has 2 amide bonds. The Morgan fingerprint density at radius 3 is 2.58 bits per heavy atom. The van der Waals surface area contributed by atoms with Crippen LogP contribution in [0, 0.1) is 6.92 Å². The van der Waals surface area contributed by atoms with Gasteiger partial charge in [0.15, 0.2) is 0 Å². The first-order chi connectivity index (χ1) is 12.3. The molecule has 134 valence electrons. The molecule has 0 bridgehead atoms. The van der Waals surface area contributed by atoms with Crippen molar-refractivity contribution < 1.29 is 18.0 Å². The smallest absolute Gasteiger partial charge is 0.269 e. The topological polar surface area (TPSA) is 83.6 Å². The average molecular weight is 435 g/mol. The lowest BCUT2D eigenvalue weighted by atomic mass is 10.1. The van der Waals surface area contributed by atoms with E-state index in [1.165, 1.54) is 18.2 Å². The highest BCUT2D eigenvalue weighted by Crippen LogP contribution is 2.39. The number of carbonyl (C=O) groups is 2. The van der Waals surface area contributed by atoms with E-state index in [0.717, 1.165) is 14.3 Å². The van der Waals surface area contributed by atoms with E-state index in [0.29, 0.717) is 18.5 Å². The fourth-order valence-electron chi connectivity index (χ4n) is 2.97. The van der Waals surface area contributed by atoms with Crippen LogP contribution in [0.3, 0.4) is 0 Å². The largest absolute Gasteiger partial charge is 0.321 e. The number of nitrogens with zero attached hydrogens (tertiary/aromatic N) is 1. The fraction of sp³-hybridized carbons (Fsp3) is 0.222. The maximum atomic E-state index is 12.7. The van der Waals surface area contributed by atoms with Crippen LogP contribution in [-0.2, 0) is 10.0 Å². The number of rotatable bonds is 3. The quantitative estimate of drug-likeness (QED) is 0.802. The summed E-state index contributed by atoms with van der Waals surface area (Å²) in [4.78, 5) is 24.8. The Bertz CT molecular complexity index is 1060. The summed E-state index contributed by atoms with van der Waals surface area (Å²) in [6, 6.07) is 9.41. The summed E-state index contributed by atoms with van der Waals surface area (Å²) < 4.78 is 27.0. The van der Waals surface area contributed by atoms with Gasteiger partial charge in [0.05, 0.1) is 11.3 Å². The summed E-state index contributed by atoms with van der Waals surface area (Å²) in [6.45, 7) is 1.93. The molecular formula is C18H15BrN2O4S. The van der Waals surface area contributed by atoms with Gasteiger partial charge in [0.25, 0.3) is 21.8 Å². The number of carbonyl (C=O) groups excluding carboxylic acids is 2. The van der Waals surface area contributed by atoms with Gasteiger partial charge in [-0.3, -0.25) is 9.59 Å². The Balaban J connectivity index is 1.67. The molecular weight excluding hydrogens is 420 g/mol. The Kier molecular flexibility index (Phi) is 3.92. The van der Waals surface area contributed by atoms with Gasteiger partial charge < -0.3 is 5.32 Å². The number of amides is 2. The van der Waals surface area contributed by atoms with Gasteiger partial charge in [0, 0.05) is 16.1 Å². The zero-order valence-corrected chi connectivity index (χ0v) is 16.2. The number of nitrogens with one attached hydrogen (secondary N) is 1. The fourth-order valence-corrected chi connectivity index (χ4v) is 5.41. The van der Waals surface area contributed by atoms with E-state index in [-0.39, 0.29) is 22.1 Å². The van der Waals surface area contributed by atoms with Crippen LogP contribution in [-0.4, -0.2) is 30.6 Å². The SMILES string of the molecule is Cc1ccc(NC(=O)c2ccc3c(c2)S(=O)(=O)N(C2CC2)C3=O)c(Br)c1. The van der Waals surface area contributed by atoms with Crippen molar-refractivity contribution in [1.29, 1.82) is 0 Å². The molecule has 1 saturated carbocycles. The molecule has 4 rings (SSSR count). The predicted octanol–water partition coefficient (Wildman–Crippen LogP) is 3.32. The first-order valence-electron chi connectivity index (χ1n) is 8.09. The minimum atomic E-state index is -3.88. The number of aryl methyl sites for hydroxylation is 1. The molecule has 2 aliphatic rings. The van der Waals surface area contributed by atoms with E-state index in [2.05, 4.69) is 21.2 Å². The summed E-state index contributed by atoms with van der Waals surface area (Å²) in [7, 11) is -3.88. The number of fused-ring (bicyclic) bond motifs is 1. The predicted molar refractivity (Wildman–Crippen MR) is 99.7 cm³/mol. The number of benzene rings is 2. The van der Waals surface area contributed by atoms with E-state index >= 15 is 0 Å². The third-order valence-electron chi connectivity index (χ3n) is 4.46. The van der Waals surface area contributed by atoms with Crippen LogP contribution in [0.25, 0.3) is 0 Å². The van der Waals surface area contributed by atoms with Gasteiger partial charge in [-0.15, -0.1) is 0 Å². The van der Waals surface area contributed by atoms with Crippen LogP contribution in [0.4, 0.5) is 5.69 Å². The normalized spacial score (nSPS) is 17.9. The van der Waals surface area contributed by atoms with Crippen molar-refractivity contribution in [2.75, 3.05) is 5.32 Å². The number of hydrogen-bond acceptors (Lipinski definition) is 4. The molecule has 0 atom stereocenters. The van der Waals surface area contributed by atoms with Gasteiger partial charge in [0.2, 0.25) is 0 Å². The number of hydrogen-bond donors (Lipinski definition) is 1. The van der Waals surface area contributed by atoms with Crippen LogP contribution in [0.2, 0.25) is 0 Å². The van der Waals surface area contributed by atoms with Crippen molar-refractivity contribution in [1.82, 2.24) is 4.31 Å². The van der Waals surface area contributed by atoms with Crippen molar-refractivity contribution in [2.45, 2.75) is 30.7 Å². The second-order valence-corrected chi connectivity index (χ2v) is 9.12. The summed E-state index contributed by atoms with van der Waals surface area (Å²) in [5.41, 5.74) is 1.94. The second-order valence-electron chi connectivity index (χ2n) is 6.49. The first-order valence-corrected chi connectivity index (χ1v) is 10.3.